The van der Waals surface area contributed by atoms with Gasteiger partial charge in [0.05, 0.1) is 44.1 Å². The van der Waals surface area contributed by atoms with E-state index in [4.69, 9.17) is 9.47 Å². The number of allylic oxidation sites excluding steroid dienone is 1. The Morgan fingerprint density at radius 1 is 1.29 bits per heavy atom. The van der Waals surface area contributed by atoms with E-state index < -0.39 is 17.8 Å². The minimum absolute atomic E-state index is 0.0337. The van der Waals surface area contributed by atoms with E-state index in [1.165, 1.54) is 24.9 Å². The molecule has 0 N–H and O–H groups in total. The number of hydrogen-bond donors (Lipinski definition) is 0. The molecule has 3 aliphatic rings. The number of carbonyl (C=O) groups excluding carboxylic acids is 2. The predicted octanol–water partition coefficient (Wildman–Crippen LogP) is 3.21. The molecule has 1 atom stereocenters. The van der Waals surface area contributed by atoms with E-state index in [-0.39, 0.29) is 12.3 Å². The highest BCUT2D eigenvalue weighted by Gasteiger charge is 2.42. The molecule has 1 unspecified atom stereocenters. The third kappa shape index (κ3) is 4.12. The average molecular weight is 446 g/mol. The van der Waals surface area contributed by atoms with Gasteiger partial charge in [-0.1, -0.05) is 36.9 Å². The number of rotatable bonds is 5. The Morgan fingerprint density at radius 2 is 2.03 bits per heavy atom. The number of benzene rings is 1. The van der Waals surface area contributed by atoms with Crippen LogP contribution in [-0.2, 0) is 19.1 Å². The Morgan fingerprint density at radius 3 is 2.71 bits per heavy atom. The fourth-order valence-corrected chi connectivity index (χ4v) is 4.92. The van der Waals surface area contributed by atoms with Crippen molar-refractivity contribution in [2.75, 3.05) is 33.4 Å². The minimum Gasteiger partial charge on any atom is -0.466 e. The van der Waals surface area contributed by atoms with Crippen LogP contribution < -0.4 is 0 Å². The summed E-state index contributed by atoms with van der Waals surface area (Å²) in [6, 6.07) is 5.61. The smallest absolute Gasteiger partial charge is 0.338 e. The van der Waals surface area contributed by atoms with Crippen molar-refractivity contribution >= 4 is 28.8 Å². The molecule has 31 heavy (non-hydrogen) atoms. The number of aliphatic imine (C=N–C) groups is 1. The van der Waals surface area contributed by atoms with E-state index >= 15 is 0 Å². The second-order valence-electron chi connectivity index (χ2n) is 7.29. The maximum atomic E-state index is 14.9. The Bertz CT molecular complexity index is 985. The van der Waals surface area contributed by atoms with E-state index in [0.29, 0.717) is 60.4 Å². The lowest BCUT2D eigenvalue weighted by Gasteiger charge is -2.37. The molecule has 3 heterocycles. The fraction of sp³-hybridized carbons (Fsp3) is 0.409. The molecule has 0 bridgehead atoms. The lowest BCUT2D eigenvalue weighted by Crippen LogP contribution is -2.42. The molecule has 164 valence electrons. The first-order chi connectivity index (χ1) is 15.0. The number of halogens is 1. The molecular weight excluding hydrogens is 421 g/mol. The summed E-state index contributed by atoms with van der Waals surface area (Å²) in [4.78, 5) is 33.9. The third-order valence-corrected chi connectivity index (χ3v) is 6.41. The normalized spacial score (nSPS) is 20.9. The molecule has 7 nitrogen and oxygen atoms in total. The van der Waals surface area contributed by atoms with Crippen molar-refractivity contribution in [3.8, 4) is 0 Å². The van der Waals surface area contributed by atoms with Gasteiger partial charge in [-0.25, -0.2) is 14.2 Å². The van der Waals surface area contributed by atoms with Crippen molar-refractivity contribution in [3.63, 3.8) is 0 Å². The van der Waals surface area contributed by atoms with Crippen LogP contribution in [0.5, 0.6) is 0 Å². The standard InChI is InChI=1S/C22H24FN3O4S/c1-3-17-19(21(28)29-2)20(15-6-4-5-7-16(15)23)26-14(13-31-22(26)24-17)12-18(27)25-8-10-30-11-9-25/h4-7,13,20H,3,8-12H2,1-2H3. The maximum Gasteiger partial charge on any atom is 0.338 e. The van der Waals surface area contributed by atoms with Crippen molar-refractivity contribution in [3.05, 3.63) is 58.0 Å². The molecule has 1 fully saturated rings. The highest BCUT2D eigenvalue weighted by atomic mass is 32.2. The number of carbonyl (C=O) groups is 2. The quantitative estimate of drug-likeness (QED) is 0.648. The molecule has 0 aromatic heterocycles. The van der Waals surface area contributed by atoms with Crippen molar-refractivity contribution in [2.24, 2.45) is 4.99 Å². The maximum absolute atomic E-state index is 14.9. The van der Waals surface area contributed by atoms with Gasteiger partial charge < -0.3 is 19.3 Å². The Hall–Kier alpha value is -2.65. The van der Waals surface area contributed by atoms with E-state index in [9.17, 15) is 14.0 Å². The molecule has 1 saturated heterocycles. The predicted molar refractivity (Wildman–Crippen MR) is 115 cm³/mol. The van der Waals surface area contributed by atoms with Crippen LogP contribution in [-0.4, -0.2) is 60.3 Å². The van der Waals surface area contributed by atoms with Gasteiger partial charge in [0.25, 0.3) is 0 Å². The van der Waals surface area contributed by atoms with Crippen molar-refractivity contribution in [1.29, 1.82) is 0 Å². The van der Waals surface area contributed by atoms with Crippen LogP contribution in [0.15, 0.2) is 51.6 Å². The van der Waals surface area contributed by atoms with E-state index in [1.54, 1.807) is 28.0 Å². The summed E-state index contributed by atoms with van der Waals surface area (Å²) in [5.74, 6) is -1.02. The third-order valence-electron chi connectivity index (χ3n) is 5.53. The van der Waals surface area contributed by atoms with Gasteiger partial charge in [-0.2, -0.15) is 0 Å². The van der Waals surface area contributed by atoms with Gasteiger partial charge in [0, 0.05) is 24.4 Å². The molecule has 1 aromatic carbocycles. The zero-order chi connectivity index (χ0) is 22.0. The molecular formula is C22H24FN3O4S. The lowest BCUT2D eigenvalue weighted by molar-refractivity contribution is -0.136. The number of fused-ring (bicyclic) bond motifs is 1. The molecule has 4 rings (SSSR count). The van der Waals surface area contributed by atoms with Crippen LogP contribution in [0, 0.1) is 5.82 Å². The van der Waals surface area contributed by atoms with Gasteiger partial charge in [-0.05, 0) is 17.9 Å². The summed E-state index contributed by atoms with van der Waals surface area (Å²) in [5.41, 5.74) is 1.89. The minimum atomic E-state index is -0.755. The van der Waals surface area contributed by atoms with Crippen molar-refractivity contribution in [2.45, 2.75) is 25.8 Å². The summed E-state index contributed by atoms with van der Waals surface area (Å²) in [6.07, 6.45) is 0.627. The Balaban J connectivity index is 1.73. The number of amides is 1. The molecule has 1 aromatic rings. The molecule has 0 aliphatic carbocycles. The summed E-state index contributed by atoms with van der Waals surface area (Å²) in [7, 11) is 1.30. The number of esters is 1. The molecule has 9 heteroatoms. The van der Waals surface area contributed by atoms with Crippen LogP contribution in [0.1, 0.15) is 31.4 Å². The lowest BCUT2D eigenvalue weighted by atomic mass is 9.92. The van der Waals surface area contributed by atoms with Crippen LogP contribution in [0.25, 0.3) is 0 Å². The van der Waals surface area contributed by atoms with Crippen LogP contribution in [0.3, 0.4) is 0 Å². The van der Waals surface area contributed by atoms with Crippen molar-refractivity contribution in [1.82, 2.24) is 9.80 Å². The molecule has 0 radical (unpaired) electrons. The number of thioether (sulfide) groups is 1. The second kappa shape index (κ2) is 9.23. The summed E-state index contributed by atoms with van der Waals surface area (Å²) in [5, 5.41) is 2.49. The molecule has 0 saturated carbocycles. The van der Waals surface area contributed by atoms with Gasteiger partial charge in [-0.3, -0.25) is 4.79 Å². The van der Waals surface area contributed by atoms with E-state index in [1.807, 2.05) is 12.3 Å². The number of amidine groups is 1. The number of methoxy groups -OCH3 is 1. The zero-order valence-electron chi connectivity index (χ0n) is 17.5. The number of ether oxygens (including phenoxy) is 2. The van der Waals surface area contributed by atoms with Crippen LogP contribution in [0.2, 0.25) is 0 Å². The topological polar surface area (TPSA) is 71.4 Å². The SMILES string of the molecule is CCC1=C(C(=O)OC)C(c2ccccc2F)N2C(CC(=O)N3CCOCC3)=CSC2=N1. The van der Waals surface area contributed by atoms with Crippen LogP contribution in [0.4, 0.5) is 4.39 Å². The average Bonchev–Trinajstić information content (AvgIpc) is 3.20. The molecule has 1 amide bonds. The second-order valence-corrected chi connectivity index (χ2v) is 8.13. The Kier molecular flexibility index (Phi) is 6.43. The number of hydrogen-bond acceptors (Lipinski definition) is 7. The van der Waals surface area contributed by atoms with E-state index in [0.717, 1.165) is 0 Å². The number of morpholine rings is 1. The van der Waals surface area contributed by atoms with Gasteiger partial charge >= 0.3 is 5.97 Å². The Labute approximate surface area is 184 Å². The summed E-state index contributed by atoms with van der Waals surface area (Å²) < 4.78 is 25.3. The van der Waals surface area contributed by atoms with Crippen LogP contribution >= 0.6 is 11.8 Å². The molecule has 0 spiro atoms. The highest BCUT2D eigenvalue weighted by molar-refractivity contribution is 8.16. The molecule has 3 aliphatic heterocycles. The van der Waals surface area contributed by atoms with Gasteiger partial charge in [0.1, 0.15) is 5.82 Å². The summed E-state index contributed by atoms with van der Waals surface area (Å²) >= 11 is 1.38. The van der Waals surface area contributed by atoms with Gasteiger partial charge in [0.15, 0.2) is 5.17 Å². The van der Waals surface area contributed by atoms with E-state index in [2.05, 4.69) is 4.99 Å². The number of nitrogens with zero attached hydrogens (tertiary/aromatic N) is 3. The largest absolute Gasteiger partial charge is 0.466 e. The highest BCUT2D eigenvalue weighted by Crippen LogP contribution is 2.46. The summed E-state index contributed by atoms with van der Waals surface area (Å²) in [6.45, 7) is 4.02. The van der Waals surface area contributed by atoms with Gasteiger partial charge in [-0.15, -0.1) is 0 Å². The first-order valence-electron chi connectivity index (χ1n) is 10.2. The first-order valence-corrected chi connectivity index (χ1v) is 11.1. The monoisotopic (exact) mass is 445 g/mol. The van der Waals surface area contributed by atoms with Crippen molar-refractivity contribution < 1.29 is 23.5 Å². The fourth-order valence-electron chi connectivity index (χ4n) is 3.98. The van der Waals surface area contributed by atoms with Gasteiger partial charge in [0.2, 0.25) is 5.91 Å². The zero-order valence-corrected chi connectivity index (χ0v) is 18.3. The first kappa shape index (κ1) is 21.6.